The second kappa shape index (κ2) is 9.65. The molecule has 2 rings (SSSR count). The van der Waals surface area contributed by atoms with Gasteiger partial charge >= 0.3 is 12.4 Å². The van der Waals surface area contributed by atoms with Gasteiger partial charge in [0.1, 0.15) is 11.6 Å². The molecule has 0 saturated heterocycles. The van der Waals surface area contributed by atoms with Gasteiger partial charge in [-0.2, -0.15) is 26.3 Å². The molecule has 0 aliphatic rings. The van der Waals surface area contributed by atoms with Crippen molar-refractivity contribution in [1.82, 2.24) is 0 Å². The van der Waals surface area contributed by atoms with Gasteiger partial charge in [0, 0.05) is 22.6 Å². The van der Waals surface area contributed by atoms with Crippen LogP contribution in [-0.4, -0.2) is 0 Å². The maximum Gasteiger partial charge on any atom is 0.417 e. The van der Waals surface area contributed by atoms with Gasteiger partial charge in [-0.05, 0) is 24.3 Å². The zero-order chi connectivity index (χ0) is 23.4. The van der Waals surface area contributed by atoms with Gasteiger partial charge in [0.15, 0.2) is 0 Å². The Labute approximate surface area is 178 Å². The Bertz CT molecular complexity index is 1000. The largest absolute Gasteiger partial charge is 0.417 e. The van der Waals surface area contributed by atoms with Crippen LogP contribution in [-0.2, 0) is 12.4 Å². The van der Waals surface area contributed by atoms with E-state index in [1.807, 2.05) is 0 Å². The summed E-state index contributed by atoms with van der Waals surface area (Å²) in [4.78, 5) is -0.793. The number of benzene rings is 2. The van der Waals surface area contributed by atoms with Gasteiger partial charge in [-0.3, -0.25) is 0 Å². The first-order valence-corrected chi connectivity index (χ1v) is 9.67. The fourth-order valence-electron chi connectivity index (χ4n) is 2.50. The Morgan fingerprint density at radius 1 is 0.677 bits per heavy atom. The minimum absolute atomic E-state index is 0.185. The lowest BCUT2D eigenvalue weighted by molar-refractivity contribution is -0.138. The maximum atomic E-state index is 14.0. The number of hydrogen-bond donors (Lipinski definition) is 0. The van der Waals surface area contributed by atoms with Gasteiger partial charge in [0.2, 0.25) is 0 Å². The van der Waals surface area contributed by atoms with Gasteiger partial charge in [-0.25, -0.2) is 8.78 Å². The maximum absolute atomic E-state index is 14.0. The second-order valence-electron chi connectivity index (χ2n) is 6.06. The summed E-state index contributed by atoms with van der Waals surface area (Å²) in [6.07, 6.45) is -9.55. The SMILES string of the molecule is CCC#Cc1c(Sc2cc(F)cc(C(F)(F)F)c2C#CCC)cc(F)cc1C(F)(F)F. The number of alkyl halides is 6. The van der Waals surface area contributed by atoms with E-state index < -0.39 is 56.0 Å². The van der Waals surface area contributed by atoms with E-state index in [0.717, 1.165) is 12.1 Å². The third-order valence-corrected chi connectivity index (χ3v) is 4.83. The molecule has 0 heterocycles. The number of halogens is 8. The lowest BCUT2D eigenvalue weighted by Gasteiger charge is -2.16. The average molecular weight is 462 g/mol. The normalized spacial score (nSPS) is 11.4. The summed E-state index contributed by atoms with van der Waals surface area (Å²) in [7, 11) is 0. The van der Waals surface area contributed by atoms with Crippen LogP contribution in [0.2, 0.25) is 0 Å². The van der Waals surface area contributed by atoms with E-state index in [1.54, 1.807) is 13.8 Å². The van der Waals surface area contributed by atoms with Crippen LogP contribution in [0.1, 0.15) is 48.9 Å². The predicted molar refractivity (Wildman–Crippen MR) is 101 cm³/mol. The van der Waals surface area contributed by atoms with Crippen LogP contribution in [0.15, 0.2) is 34.1 Å². The quantitative estimate of drug-likeness (QED) is 0.326. The fraction of sp³-hybridized carbons (Fsp3) is 0.273. The first-order chi connectivity index (χ1) is 14.4. The highest BCUT2D eigenvalue weighted by Gasteiger charge is 2.37. The molecule has 9 heteroatoms. The molecule has 0 unspecified atom stereocenters. The third kappa shape index (κ3) is 6.18. The van der Waals surface area contributed by atoms with Crippen LogP contribution in [0.3, 0.4) is 0 Å². The highest BCUT2D eigenvalue weighted by atomic mass is 32.2. The van der Waals surface area contributed by atoms with Crippen molar-refractivity contribution in [2.45, 2.75) is 48.8 Å². The summed E-state index contributed by atoms with van der Waals surface area (Å²) < 4.78 is 109. The molecule has 0 aliphatic heterocycles. The minimum Gasteiger partial charge on any atom is -0.207 e. The molecule has 0 radical (unpaired) electrons. The zero-order valence-corrected chi connectivity index (χ0v) is 17.0. The van der Waals surface area contributed by atoms with Gasteiger partial charge in [-0.15, -0.1) is 0 Å². The molecule has 164 valence electrons. The van der Waals surface area contributed by atoms with Crippen molar-refractivity contribution >= 4 is 11.8 Å². The lowest BCUT2D eigenvalue weighted by Crippen LogP contribution is -2.11. The van der Waals surface area contributed by atoms with Crippen molar-refractivity contribution < 1.29 is 35.1 Å². The fourth-order valence-corrected chi connectivity index (χ4v) is 3.61. The summed E-state index contributed by atoms with van der Waals surface area (Å²) in [6, 6.07) is 1.95. The summed E-state index contributed by atoms with van der Waals surface area (Å²) in [6.45, 7) is 3.16. The summed E-state index contributed by atoms with van der Waals surface area (Å²) in [5, 5.41) is 0. The number of rotatable bonds is 2. The van der Waals surface area contributed by atoms with E-state index in [0.29, 0.717) is 11.8 Å². The summed E-state index contributed by atoms with van der Waals surface area (Å²) >= 11 is 0.346. The van der Waals surface area contributed by atoms with Crippen molar-refractivity contribution in [2.75, 3.05) is 0 Å². The standard InChI is InChI=1S/C22H14F8S/c1-3-5-7-15-17(21(25,26)27)9-13(23)11-19(15)31-20-12-14(24)10-18(22(28,29)30)16(20)8-6-4-2/h9-12H,3-4H2,1-2H3. The molecule has 0 saturated carbocycles. The van der Waals surface area contributed by atoms with Gasteiger partial charge in [0.25, 0.3) is 0 Å². The molecule has 0 aliphatic carbocycles. The van der Waals surface area contributed by atoms with Crippen molar-refractivity contribution in [3.63, 3.8) is 0 Å². The highest BCUT2D eigenvalue weighted by molar-refractivity contribution is 7.99. The summed E-state index contributed by atoms with van der Waals surface area (Å²) in [5.74, 6) is 6.98. The zero-order valence-electron chi connectivity index (χ0n) is 16.2. The Balaban J connectivity index is 2.82. The van der Waals surface area contributed by atoms with Gasteiger partial charge in [-0.1, -0.05) is 49.3 Å². The molecule has 0 amide bonds. The van der Waals surface area contributed by atoms with E-state index in [1.165, 1.54) is 0 Å². The monoisotopic (exact) mass is 462 g/mol. The minimum atomic E-state index is -4.96. The Morgan fingerprint density at radius 2 is 1.03 bits per heavy atom. The van der Waals surface area contributed by atoms with Crippen LogP contribution in [0.25, 0.3) is 0 Å². The summed E-state index contributed by atoms with van der Waals surface area (Å²) in [5.41, 5.74) is -3.95. The molecule has 0 bridgehead atoms. The first kappa shape index (κ1) is 24.6. The molecule has 0 fully saturated rings. The molecule has 0 N–H and O–H groups in total. The molecule has 0 aromatic heterocycles. The molecule has 0 spiro atoms. The van der Waals surface area contributed by atoms with E-state index in [4.69, 9.17) is 0 Å². The Hall–Kier alpha value is -2.65. The van der Waals surface area contributed by atoms with Crippen LogP contribution >= 0.6 is 11.8 Å². The van der Waals surface area contributed by atoms with Crippen LogP contribution in [0.5, 0.6) is 0 Å². The first-order valence-electron chi connectivity index (χ1n) is 8.85. The van der Waals surface area contributed by atoms with Crippen molar-refractivity contribution in [3.05, 3.63) is 58.2 Å². The second-order valence-corrected chi connectivity index (χ2v) is 7.14. The Kier molecular flexibility index (Phi) is 7.67. The molecule has 2 aromatic rings. The van der Waals surface area contributed by atoms with Crippen LogP contribution in [0, 0.1) is 35.3 Å². The molecule has 0 atom stereocenters. The van der Waals surface area contributed by atoms with Gasteiger partial charge in [0.05, 0.1) is 22.3 Å². The molecular weight excluding hydrogens is 448 g/mol. The molecule has 31 heavy (non-hydrogen) atoms. The average Bonchev–Trinajstić information content (AvgIpc) is 2.64. The van der Waals surface area contributed by atoms with Crippen LogP contribution in [0.4, 0.5) is 35.1 Å². The molecular formula is C22H14F8S. The third-order valence-electron chi connectivity index (χ3n) is 3.74. The molecule has 2 aromatic carbocycles. The van der Waals surface area contributed by atoms with Crippen LogP contribution < -0.4 is 0 Å². The van der Waals surface area contributed by atoms with E-state index in [9.17, 15) is 35.1 Å². The lowest BCUT2D eigenvalue weighted by atomic mass is 10.1. The Morgan fingerprint density at radius 3 is 1.32 bits per heavy atom. The van der Waals surface area contributed by atoms with Crippen molar-refractivity contribution in [3.8, 4) is 23.7 Å². The smallest absolute Gasteiger partial charge is 0.207 e. The van der Waals surface area contributed by atoms with E-state index in [2.05, 4.69) is 23.7 Å². The number of hydrogen-bond acceptors (Lipinski definition) is 1. The van der Waals surface area contributed by atoms with Gasteiger partial charge < -0.3 is 0 Å². The highest BCUT2D eigenvalue weighted by Crippen LogP contribution is 2.43. The predicted octanol–water partition coefficient (Wildman–Crippen LogP) is 7.68. The van der Waals surface area contributed by atoms with Crippen molar-refractivity contribution in [2.24, 2.45) is 0 Å². The molecule has 0 nitrogen and oxygen atoms in total. The topological polar surface area (TPSA) is 0 Å². The van der Waals surface area contributed by atoms with Crippen molar-refractivity contribution in [1.29, 1.82) is 0 Å². The van der Waals surface area contributed by atoms with E-state index >= 15 is 0 Å². The van der Waals surface area contributed by atoms with E-state index in [-0.39, 0.29) is 25.0 Å².